The van der Waals surface area contributed by atoms with Crippen LogP contribution in [0.2, 0.25) is 0 Å². The molecular weight excluding hydrogens is 136 g/mol. The first-order valence-electron chi connectivity index (χ1n) is 4.96. The molecule has 0 bridgehead atoms. The lowest BCUT2D eigenvalue weighted by Crippen LogP contribution is -2.97. The van der Waals surface area contributed by atoms with E-state index >= 15 is 0 Å². The second-order valence-electron chi connectivity index (χ2n) is 3.28. The van der Waals surface area contributed by atoms with Crippen LogP contribution in [0.3, 0.4) is 0 Å². The molecule has 0 aromatic heterocycles. The maximum absolute atomic E-state index is 2.44. The molecule has 0 saturated heterocycles. The molecule has 0 aliphatic heterocycles. The van der Waals surface area contributed by atoms with Gasteiger partial charge in [0, 0.05) is 0 Å². The van der Waals surface area contributed by atoms with Crippen LogP contribution in [-0.2, 0) is 0 Å². The Balaban J connectivity index is 2.89. The van der Waals surface area contributed by atoms with E-state index in [2.05, 4.69) is 31.4 Å². The average Bonchev–Trinajstić information content (AvgIpc) is 2.04. The Morgan fingerprint density at radius 3 is 2.36 bits per heavy atom. The number of hydrogen-bond acceptors (Lipinski definition) is 0. The molecule has 0 saturated carbocycles. The van der Waals surface area contributed by atoms with Gasteiger partial charge in [-0.3, -0.25) is 0 Å². The summed E-state index contributed by atoms with van der Waals surface area (Å²) in [6, 6.07) is 0.810. The molecule has 0 fully saturated rings. The van der Waals surface area contributed by atoms with Gasteiger partial charge in [0.15, 0.2) is 0 Å². The highest BCUT2D eigenvalue weighted by molar-refractivity contribution is 4.36. The smallest absolute Gasteiger partial charge is 0.125 e. The van der Waals surface area contributed by atoms with Gasteiger partial charge in [0.25, 0.3) is 0 Å². The molecule has 0 radical (unpaired) electrons. The second-order valence-corrected chi connectivity index (χ2v) is 3.28. The Hall–Kier alpha value is -0.0800. The Bertz CT molecular complexity index is 74.0. The average molecular weight is 160 g/mol. The summed E-state index contributed by atoms with van der Waals surface area (Å²) < 4.78 is 0. The van der Waals surface area contributed by atoms with E-state index in [-0.39, 0.29) is 0 Å². The summed E-state index contributed by atoms with van der Waals surface area (Å²) in [5.74, 6) is 0. The standard InChI is InChI=1S/C9H22N2/c1-4-6-10-7-8-11-9(3)5-2/h9-11H,4-8H2,1-3H3/p+2/t9-/m1/s1. The molecule has 1 atom stereocenters. The molecule has 4 N–H and O–H groups in total. The van der Waals surface area contributed by atoms with Crippen molar-refractivity contribution in [3.05, 3.63) is 0 Å². The summed E-state index contributed by atoms with van der Waals surface area (Å²) in [7, 11) is 0. The minimum Gasteiger partial charge on any atom is -0.342 e. The fourth-order valence-electron chi connectivity index (χ4n) is 1.01. The quantitative estimate of drug-likeness (QED) is 0.463. The van der Waals surface area contributed by atoms with Crippen LogP contribution >= 0.6 is 0 Å². The van der Waals surface area contributed by atoms with Crippen molar-refractivity contribution in [2.75, 3.05) is 19.6 Å². The monoisotopic (exact) mass is 160 g/mol. The van der Waals surface area contributed by atoms with Crippen molar-refractivity contribution < 1.29 is 10.6 Å². The van der Waals surface area contributed by atoms with E-state index in [1.807, 2.05) is 0 Å². The van der Waals surface area contributed by atoms with E-state index in [1.165, 1.54) is 32.5 Å². The summed E-state index contributed by atoms with van der Waals surface area (Å²) in [5.41, 5.74) is 0. The predicted octanol–water partition coefficient (Wildman–Crippen LogP) is -0.678. The molecule has 11 heavy (non-hydrogen) atoms. The van der Waals surface area contributed by atoms with Gasteiger partial charge in [0.2, 0.25) is 0 Å². The minimum absolute atomic E-state index is 0.810. The zero-order valence-corrected chi connectivity index (χ0v) is 8.27. The lowest BCUT2D eigenvalue weighted by atomic mass is 10.2. The Kier molecular flexibility index (Phi) is 7.96. The zero-order valence-electron chi connectivity index (χ0n) is 8.27. The summed E-state index contributed by atoms with van der Waals surface area (Å²) >= 11 is 0. The normalized spacial score (nSPS) is 13.4. The van der Waals surface area contributed by atoms with Crippen molar-refractivity contribution in [1.29, 1.82) is 0 Å². The van der Waals surface area contributed by atoms with Crippen LogP contribution in [0, 0.1) is 0 Å². The Morgan fingerprint density at radius 1 is 1.09 bits per heavy atom. The van der Waals surface area contributed by atoms with E-state index < -0.39 is 0 Å². The molecule has 0 aromatic carbocycles. The largest absolute Gasteiger partial charge is 0.342 e. The van der Waals surface area contributed by atoms with Gasteiger partial charge < -0.3 is 10.6 Å². The van der Waals surface area contributed by atoms with Crippen molar-refractivity contribution in [3.8, 4) is 0 Å². The van der Waals surface area contributed by atoms with E-state index in [1.54, 1.807) is 0 Å². The van der Waals surface area contributed by atoms with Gasteiger partial charge in [-0.2, -0.15) is 0 Å². The molecule has 2 heteroatoms. The van der Waals surface area contributed by atoms with E-state index in [9.17, 15) is 0 Å². The molecule has 0 unspecified atom stereocenters. The van der Waals surface area contributed by atoms with Gasteiger partial charge in [-0.15, -0.1) is 0 Å². The minimum atomic E-state index is 0.810. The van der Waals surface area contributed by atoms with Gasteiger partial charge in [0.05, 0.1) is 12.6 Å². The first-order chi connectivity index (χ1) is 5.31. The van der Waals surface area contributed by atoms with Gasteiger partial charge in [-0.05, 0) is 19.8 Å². The van der Waals surface area contributed by atoms with E-state index in [4.69, 9.17) is 0 Å². The van der Waals surface area contributed by atoms with E-state index in [0.29, 0.717) is 0 Å². The third-order valence-corrected chi connectivity index (χ3v) is 2.08. The molecule has 0 aliphatic rings. The summed E-state index contributed by atoms with van der Waals surface area (Å²) in [5, 5.41) is 4.84. The highest BCUT2D eigenvalue weighted by Crippen LogP contribution is 1.76. The fourth-order valence-corrected chi connectivity index (χ4v) is 1.01. The maximum Gasteiger partial charge on any atom is 0.125 e. The van der Waals surface area contributed by atoms with E-state index in [0.717, 1.165) is 6.04 Å². The molecule has 0 spiro atoms. The van der Waals surface area contributed by atoms with Crippen LogP contribution in [0.1, 0.15) is 33.6 Å². The SMILES string of the molecule is CCC[NH2+]CC[NH2+][C@H](C)CC. The third-order valence-electron chi connectivity index (χ3n) is 2.08. The Morgan fingerprint density at radius 2 is 1.82 bits per heavy atom. The number of nitrogens with two attached hydrogens (primary N) is 2. The van der Waals surface area contributed by atoms with Crippen molar-refractivity contribution in [1.82, 2.24) is 0 Å². The maximum atomic E-state index is 2.44. The molecule has 0 amide bonds. The first-order valence-corrected chi connectivity index (χ1v) is 4.96. The number of quaternary nitrogens is 2. The lowest BCUT2D eigenvalue weighted by molar-refractivity contribution is -0.739. The van der Waals surface area contributed by atoms with Crippen molar-refractivity contribution >= 4 is 0 Å². The topological polar surface area (TPSA) is 33.2 Å². The van der Waals surface area contributed by atoms with Crippen LogP contribution in [0.15, 0.2) is 0 Å². The summed E-state index contributed by atoms with van der Waals surface area (Å²) in [4.78, 5) is 0. The molecule has 0 aromatic rings. The molecule has 0 rings (SSSR count). The van der Waals surface area contributed by atoms with Gasteiger partial charge in [0.1, 0.15) is 13.1 Å². The second kappa shape index (κ2) is 8.02. The molecule has 0 aliphatic carbocycles. The molecular formula is C9H24N2+2. The van der Waals surface area contributed by atoms with Crippen LogP contribution in [0.25, 0.3) is 0 Å². The van der Waals surface area contributed by atoms with Crippen LogP contribution in [0.5, 0.6) is 0 Å². The summed E-state index contributed by atoms with van der Waals surface area (Å²) in [6.07, 6.45) is 2.58. The van der Waals surface area contributed by atoms with Gasteiger partial charge in [-0.25, -0.2) is 0 Å². The van der Waals surface area contributed by atoms with Gasteiger partial charge in [-0.1, -0.05) is 13.8 Å². The van der Waals surface area contributed by atoms with Crippen LogP contribution in [-0.4, -0.2) is 25.7 Å². The molecule has 0 heterocycles. The molecule has 68 valence electrons. The zero-order chi connectivity index (χ0) is 8.53. The summed E-state index contributed by atoms with van der Waals surface area (Å²) in [6.45, 7) is 10.6. The Labute approximate surface area is 70.8 Å². The third kappa shape index (κ3) is 7.82. The first kappa shape index (κ1) is 10.9. The van der Waals surface area contributed by atoms with Crippen molar-refractivity contribution in [3.63, 3.8) is 0 Å². The number of rotatable bonds is 7. The highest BCUT2D eigenvalue weighted by atomic mass is 15.0. The van der Waals surface area contributed by atoms with Crippen LogP contribution in [0.4, 0.5) is 0 Å². The number of hydrogen-bond donors (Lipinski definition) is 2. The lowest BCUT2D eigenvalue weighted by Gasteiger charge is -2.06. The fraction of sp³-hybridized carbons (Fsp3) is 1.00. The van der Waals surface area contributed by atoms with Crippen molar-refractivity contribution in [2.24, 2.45) is 0 Å². The predicted molar refractivity (Wildman–Crippen MR) is 48.5 cm³/mol. The van der Waals surface area contributed by atoms with Gasteiger partial charge >= 0.3 is 0 Å². The highest BCUT2D eigenvalue weighted by Gasteiger charge is 1.99. The van der Waals surface area contributed by atoms with Crippen molar-refractivity contribution in [2.45, 2.75) is 39.7 Å². The molecule has 2 nitrogen and oxygen atoms in total. The van der Waals surface area contributed by atoms with Crippen LogP contribution < -0.4 is 10.6 Å².